The zero-order valence-electron chi connectivity index (χ0n) is 17.7. The fraction of sp³-hybridized carbons (Fsp3) is 0.688. The quantitative estimate of drug-likeness (QED) is 0.254. The topological polar surface area (TPSA) is 194 Å². The number of rotatable bonds is 11. The monoisotopic (exact) mass is 510 g/mol. The third kappa shape index (κ3) is 8.42. The summed E-state index contributed by atoms with van der Waals surface area (Å²) in [5, 5.41) is 41.8. The number of nitrogens with one attached hydrogen (secondary N) is 2. The molecule has 0 aliphatic carbocycles. The minimum absolute atomic E-state index is 0. The maximum absolute atomic E-state index is 11.1. The minimum atomic E-state index is -0.844. The van der Waals surface area contributed by atoms with Gasteiger partial charge in [-0.15, -0.1) is 0 Å². The molecule has 0 bridgehead atoms. The van der Waals surface area contributed by atoms with Crippen LogP contribution in [0.15, 0.2) is 22.7 Å². The fourth-order valence-electron chi connectivity index (χ4n) is 2.01. The molecule has 0 aromatic carbocycles. The molecule has 1 atom stereocenters. The van der Waals surface area contributed by atoms with E-state index in [1.165, 1.54) is 17.0 Å². The van der Waals surface area contributed by atoms with Crippen LogP contribution < -0.4 is 10.8 Å². The van der Waals surface area contributed by atoms with Crippen LogP contribution in [0, 0.1) is 20.5 Å². The zero-order valence-corrected chi connectivity index (χ0v) is 19.6. The molecule has 14 heteroatoms. The van der Waals surface area contributed by atoms with Gasteiger partial charge < -0.3 is 41.6 Å². The molecule has 1 aromatic heterocycles. The van der Waals surface area contributed by atoms with Crippen molar-refractivity contribution in [2.75, 3.05) is 6.54 Å². The van der Waals surface area contributed by atoms with Crippen LogP contribution in [0.25, 0.3) is 0 Å². The van der Waals surface area contributed by atoms with Crippen LogP contribution in [0.5, 0.6) is 0 Å². The molecule has 0 saturated carbocycles. The number of hydroxylamine groups is 1. The van der Waals surface area contributed by atoms with Crippen LogP contribution in [0.4, 0.5) is 5.95 Å². The first-order chi connectivity index (χ1) is 12.9. The van der Waals surface area contributed by atoms with E-state index in [2.05, 4.69) is 26.1 Å². The van der Waals surface area contributed by atoms with Crippen LogP contribution in [0.1, 0.15) is 41.5 Å². The molecule has 1 unspecified atom stereocenters. The minimum Gasteiger partial charge on any atom is -2.00 e. The van der Waals surface area contributed by atoms with Gasteiger partial charge in [0.25, 0.3) is 0 Å². The van der Waals surface area contributed by atoms with Crippen molar-refractivity contribution in [3.05, 3.63) is 32.9 Å². The van der Waals surface area contributed by atoms with Crippen molar-refractivity contribution in [3.63, 3.8) is 0 Å². The Morgan fingerprint density at radius 2 is 1.77 bits per heavy atom. The normalized spacial score (nSPS) is 13.9. The van der Waals surface area contributed by atoms with Crippen molar-refractivity contribution in [2.24, 2.45) is 10.3 Å². The molecule has 0 fully saturated rings. The van der Waals surface area contributed by atoms with Crippen LogP contribution in [-0.4, -0.2) is 49.6 Å². The summed E-state index contributed by atoms with van der Waals surface area (Å²) in [6.45, 7) is 10.5. The fourth-order valence-corrected chi connectivity index (χ4v) is 2.01. The standard InChI is InChI=1S/C16H29N7O5.O.Tc/c1-11(19-24)15(3,4)18-9-13(28-21-16(5,6)12(2)20-25)10-22-8-7-17-14(22)23(26)27;;/h7-8,13,18,21,24-25H,9-10H2,1-6H3;;/q;-2;+4/p-2/b19-11+,20-12+;;. The second-order valence-electron chi connectivity index (χ2n) is 7.46. The Kier molecular flexibility index (Phi) is 12.8. The summed E-state index contributed by atoms with van der Waals surface area (Å²) in [5.41, 5.74) is 1.87. The molecule has 30 heavy (non-hydrogen) atoms. The van der Waals surface area contributed by atoms with Crippen molar-refractivity contribution in [2.45, 2.75) is 65.3 Å². The molecule has 0 saturated heterocycles. The summed E-state index contributed by atoms with van der Waals surface area (Å²) in [7, 11) is 0. The van der Waals surface area contributed by atoms with Gasteiger partial charge in [0.2, 0.25) is 0 Å². The summed E-state index contributed by atoms with van der Waals surface area (Å²) in [5.74, 6) is -0.318. The van der Waals surface area contributed by atoms with Crippen LogP contribution in [0.3, 0.4) is 0 Å². The molecular formula is C16H27N7O6Tc. The maximum atomic E-state index is 11.1. The summed E-state index contributed by atoms with van der Waals surface area (Å²) in [6.07, 6.45) is 2.19. The molecule has 0 aliphatic heterocycles. The number of hydrogen-bond donors (Lipinski definition) is 2. The smallest absolute Gasteiger partial charge is 2.00 e. The molecule has 169 valence electrons. The SMILES string of the molecule is C/C(=N\[O-])C(C)(C)NCC(Cn1ccnc1[N+](=O)[O-])ONC(C)(C)/C(C)=N/[O-].[O-2].[Tc+4]. The predicted octanol–water partition coefficient (Wildman–Crippen LogP) is 1.62. The van der Waals surface area contributed by atoms with E-state index < -0.39 is 22.1 Å². The predicted molar refractivity (Wildman–Crippen MR) is 107 cm³/mol. The largest absolute Gasteiger partial charge is 4.00 e. The van der Waals surface area contributed by atoms with Gasteiger partial charge in [0.05, 0.1) is 11.1 Å². The molecule has 1 heterocycles. The maximum Gasteiger partial charge on any atom is 4.00 e. The first-order valence-corrected chi connectivity index (χ1v) is 8.62. The molecule has 2 N–H and O–H groups in total. The molecule has 13 nitrogen and oxygen atoms in total. The van der Waals surface area contributed by atoms with E-state index in [-0.39, 0.29) is 50.3 Å². The Hall–Kier alpha value is -1.96. The Bertz CT molecular complexity index is 701. The molecule has 1 aromatic rings. The van der Waals surface area contributed by atoms with Crippen molar-refractivity contribution in [1.29, 1.82) is 0 Å². The Balaban J connectivity index is 0. The van der Waals surface area contributed by atoms with Gasteiger partial charge in [0.15, 0.2) is 0 Å². The van der Waals surface area contributed by atoms with Crippen LogP contribution >= 0.6 is 0 Å². The van der Waals surface area contributed by atoms with Gasteiger partial charge in [-0.2, -0.15) is 5.48 Å². The van der Waals surface area contributed by atoms with Gasteiger partial charge in [-0.3, -0.25) is 4.84 Å². The molecule has 0 aliphatic rings. The number of hydrogen-bond acceptors (Lipinski definition) is 10. The third-order valence-corrected chi connectivity index (χ3v) is 4.59. The van der Waals surface area contributed by atoms with Gasteiger partial charge in [0, 0.05) is 18.0 Å². The van der Waals surface area contributed by atoms with Crippen molar-refractivity contribution in [3.8, 4) is 0 Å². The molecule has 1 rings (SSSR count). The van der Waals surface area contributed by atoms with E-state index in [1.54, 1.807) is 41.5 Å². The number of aromatic nitrogens is 2. The summed E-state index contributed by atoms with van der Waals surface area (Å²) < 4.78 is 1.34. The van der Waals surface area contributed by atoms with Gasteiger partial charge in [-0.25, -0.2) is 4.57 Å². The summed E-state index contributed by atoms with van der Waals surface area (Å²) in [4.78, 5) is 20.0. The number of nitro groups is 1. The molecule has 1 radical (unpaired) electrons. The Labute approximate surface area is 188 Å². The van der Waals surface area contributed by atoms with Crippen molar-refractivity contribution >= 4 is 17.4 Å². The summed E-state index contributed by atoms with van der Waals surface area (Å²) in [6, 6.07) is 0. The van der Waals surface area contributed by atoms with E-state index in [9.17, 15) is 20.5 Å². The summed E-state index contributed by atoms with van der Waals surface area (Å²) >= 11 is 0. The Morgan fingerprint density at radius 1 is 1.23 bits per heavy atom. The van der Waals surface area contributed by atoms with E-state index in [1.807, 2.05) is 0 Å². The molecule has 0 spiro atoms. The number of nitrogens with zero attached hydrogens (tertiary/aromatic N) is 5. The van der Waals surface area contributed by atoms with Crippen LogP contribution in [0.2, 0.25) is 0 Å². The second-order valence-corrected chi connectivity index (χ2v) is 7.46. The van der Waals surface area contributed by atoms with Crippen molar-refractivity contribution < 1.29 is 35.3 Å². The van der Waals surface area contributed by atoms with Crippen molar-refractivity contribution in [1.82, 2.24) is 20.3 Å². The average molecular weight is 511 g/mol. The molecular weight excluding hydrogens is 484 g/mol. The zero-order chi connectivity index (χ0) is 21.5. The van der Waals surface area contributed by atoms with E-state index >= 15 is 0 Å². The number of imidazole rings is 1. The van der Waals surface area contributed by atoms with Gasteiger partial charge in [0.1, 0.15) is 25.0 Å². The Morgan fingerprint density at radius 3 is 2.27 bits per heavy atom. The first kappa shape index (κ1) is 30.2. The van der Waals surface area contributed by atoms with E-state index in [0.29, 0.717) is 5.71 Å². The van der Waals surface area contributed by atoms with Crippen LogP contribution in [-0.2, 0) is 37.0 Å². The van der Waals surface area contributed by atoms with Gasteiger partial charge in [-0.1, -0.05) is 4.98 Å². The molecule has 0 amide bonds. The first-order valence-electron chi connectivity index (χ1n) is 8.62. The van der Waals surface area contributed by atoms with Gasteiger partial charge >= 0.3 is 26.1 Å². The average Bonchev–Trinajstić information content (AvgIpc) is 3.10. The second kappa shape index (κ2) is 12.7. The van der Waals surface area contributed by atoms with E-state index in [0.717, 1.165) is 0 Å². The van der Waals surface area contributed by atoms with Gasteiger partial charge in [-0.05, 0) is 46.5 Å². The third-order valence-electron chi connectivity index (χ3n) is 4.59. The van der Waals surface area contributed by atoms with E-state index in [4.69, 9.17) is 4.84 Å².